The number of alkyl halides is 1. The molecule has 0 bridgehead atoms. The van der Waals surface area contributed by atoms with Gasteiger partial charge in [0.15, 0.2) is 0 Å². The van der Waals surface area contributed by atoms with Crippen molar-refractivity contribution in [2.45, 2.75) is 12.2 Å². The lowest BCUT2D eigenvalue weighted by Gasteiger charge is -2.16. The molecule has 0 heterocycles. The van der Waals surface area contributed by atoms with Gasteiger partial charge in [-0.2, -0.15) is 0 Å². The van der Waals surface area contributed by atoms with Crippen LogP contribution in [-0.4, -0.2) is 22.2 Å². The molecule has 18 heavy (non-hydrogen) atoms. The first-order valence-corrected chi connectivity index (χ1v) is 6.33. The Morgan fingerprint density at radius 3 is 2.22 bits per heavy atom. The van der Waals surface area contributed by atoms with Gasteiger partial charge in [0, 0.05) is 0 Å². The minimum absolute atomic E-state index is 0.0106. The molecule has 94 valence electrons. The number of halogens is 1. The van der Waals surface area contributed by atoms with Crippen LogP contribution in [0.2, 0.25) is 0 Å². The molecule has 2 N–H and O–H groups in total. The maximum absolute atomic E-state index is 9.93. The van der Waals surface area contributed by atoms with Crippen LogP contribution in [0.3, 0.4) is 0 Å². The smallest absolute Gasteiger partial charge is 0.106 e. The van der Waals surface area contributed by atoms with Gasteiger partial charge >= 0.3 is 0 Å². The standard InChI is InChI=1S/C15H15ClO2/c16-10-14(17)15(18)13-8-4-7-12(9-13)11-5-2-1-3-6-11/h1-9,14-15,17-18H,10H2. The highest BCUT2D eigenvalue weighted by molar-refractivity contribution is 6.18. The summed E-state index contributed by atoms with van der Waals surface area (Å²) in [6, 6.07) is 17.4. The van der Waals surface area contributed by atoms with Gasteiger partial charge in [-0.05, 0) is 22.8 Å². The number of aliphatic hydroxyl groups is 2. The molecule has 0 fully saturated rings. The molecule has 0 aliphatic rings. The first kappa shape index (κ1) is 13.1. The Balaban J connectivity index is 2.31. The number of benzene rings is 2. The summed E-state index contributed by atoms with van der Waals surface area (Å²) in [5.74, 6) is 0.0106. The van der Waals surface area contributed by atoms with Crippen LogP contribution in [0, 0.1) is 0 Å². The van der Waals surface area contributed by atoms with Gasteiger partial charge in [0.2, 0.25) is 0 Å². The summed E-state index contributed by atoms with van der Waals surface area (Å²) in [6.07, 6.45) is -1.90. The van der Waals surface area contributed by atoms with Crippen molar-refractivity contribution in [2.75, 3.05) is 5.88 Å². The molecule has 2 unspecified atom stereocenters. The van der Waals surface area contributed by atoms with Crippen LogP contribution in [-0.2, 0) is 0 Å². The van der Waals surface area contributed by atoms with E-state index in [0.29, 0.717) is 5.56 Å². The zero-order valence-electron chi connectivity index (χ0n) is 9.83. The molecule has 2 aromatic carbocycles. The second kappa shape index (κ2) is 6.01. The molecular weight excluding hydrogens is 248 g/mol. The van der Waals surface area contributed by atoms with Crippen molar-refractivity contribution >= 4 is 11.6 Å². The van der Waals surface area contributed by atoms with Gasteiger partial charge in [0.05, 0.1) is 12.0 Å². The van der Waals surface area contributed by atoms with Crippen molar-refractivity contribution in [1.82, 2.24) is 0 Å². The van der Waals surface area contributed by atoms with Gasteiger partial charge in [0.25, 0.3) is 0 Å². The van der Waals surface area contributed by atoms with Crippen LogP contribution >= 0.6 is 11.6 Å². The van der Waals surface area contributed by atoms with Crippen molar-refractivity contribution in [2.24, 2.45) is 0 Å². The van der Waals surface area contributed by atoms with E-state index >= 15 is 0 Å². The van der Waals surface area contributed by atoms with Gasteiger partial charge in [-0.1, -0.05) is 48.5 Å². The van der Waals surface area contributed by atoms with Gasteiger partial charge in [-0.3, -0.25) is 0 Å². The normalized spacial score (nSPS) is 14.2. The average Bonchev–Trinajstić information content (AvgIpc) is 2.46. The van der Waals surface area contributed by atoms with Gasteiger partial charge in [-0.15, -0.1) is 11.6 Å². The molecule has 2 atom stereocenters. The van der Waals surface area contributed by atoms with Crippen molar-refractivity contribution in [3.63, 3.8) is 0 Å². The quantitative estimate of drug-likeness (QED) is 0.832. The van der Waals surface area contributed by atoms with Gasteiger partial charge < -0.3 is 10.2 Å². The van der Waals surface area contributed by atoms with Crippen molar-refractivity contribution < 1.29 is 10.2 Å². The lowest BCUT2D eigenvalue weighted by atomic mass is 9.99. The first-order valence-electron chi connectivity index (χ1n) is 5.80. The predicted molar refractivity (Wildman–Crippen MR) is 73.6 cm³/mol. The topological polar surface area (TPSA) is 40.5 Å². The van der Waals surface area contributed by atoms with Gasteiger partial charge in [0.1, 0.15) is 6.10 Å². The average molecular weight is 263 g/mol. The molecule has 0 saturated heterocycles. The number of rotatable bonds is 4. The summed E-state index contributed by atoms with van der Waals surface area (Å²) in [6.45, 7) is 0. The molecule has 0 aliphatic heterocycles. The van der Waals surface area contributed by atoms with E-state index in [4.69, 9.17) is 11.6 Å². The van der Waals surface area contributed by atoms with E-state index in [2.05, 4.69) is 0 Å². The van der Waals surface area contributed by atoms with E-state index in [0.717, 1.165) is 11.1 Å². The van der Waals surface area contributed by atoms with Crippen molar-refractivity contribution in [3.05, 3.63) is 60.2 Å². The predicted octanol–water partition coefficient (Wildman–Crippen LogP) is 2.99. The monoisotopic (exact) mass is 262 g/mol. The molecule has 2 aromatic rings. The molecule has 0 aliphatic carbocycles. The second-order valence-electron chi connectivity index (χ2n) is 4.16. The minimum Gasteiger partial charge on any atom is -0.389 e. The fourth-order valence-electron chi connectivity index (χ4n) is 1.84. The zero-order chi connectivity index (χ0) is 13.0. The third-order valence-electron chi connectivity index (χ3n) is 2.86. The van der Waals surface area contributed by atoms with Gasteiger partial charge in [-0.25, -0.2) is 0 Å². The van der Waals surface area contributed by atoms with E-state index in [-0.39, 0.29) is 5.88 Å². The third-order valence-corrected chi connectivity index (χ3v) is 3.17. The minimum atomic E-state index is -0.953. The molecule has 0 spiro atoms. The molecule has 2 nitrogen and oxygen atoms in total. The molecule has 2 rings (SSSR count). The Kier molecular flexibility index (Phi) is 4.37. The Labute approximate surface area is 111 Å². The summed E-state index contributed by atoms with van der Waals surface area (Å²) < 4.78 is 0. The van der Waals surface area contributed by atoms with Crippen LogP contribution in [0.5, 0.6) is 0 Å². The molecule has 3 heteroatoms. The van der Waals surface area contributed by atoms with E-state index in [1.165, 1.54) is 0 Å². The highest BCUT2D eigenvalue weighted by Gasteiger charge is 2.17. The largest absolute Gasteiger partial charge is 0.389 e. The first-order chi connectivity index (χ1) is 8.72. The second-order valence-corrected chi connectivity index (χ2v) is 4.47. The molecule has 0 saturated carbocycles. The summed E-state index contributed by atoms with van der Waals surface area (Å²) in [4.78, 5) is 0. The van der Waals surface area contributed by atoms with Crippen LogP contribution in [0.1, 0.15) is 11.7 Å². The van der Waals surface area contributed by atoms with E-state index < -0.39 is 12.2 Å². The van der Waals surface area contributed by atoms with Crippen LogP contribution in [0.25, 0.3) is 11.1 Å². The van der Waals surface area contributed by atoms with Crippen LogP contribution < -0.4 is 0 Å². The van der Waals surface area contributed by atoms with Crippen LogP contribution in [0.15, 0.2) is 54.6 Å². The van der Waals surface area contributed by atoms with E-state index in [1.807, 2.05) is 48.5 Å². The fourth-order valence-corrected chi connectivity index (χ4v) is 2.01. The number of hydrogen-bond donors (Lipinski definition) is 2. The Hall–Kier alpha value is -1.35. The zero-order valence-corrected chi connectivity index (χ0v) is 10.6. The van der Waals surface area contributed by atoms with Crippen LogP contribution in [0.4, 0.5) is 0 Å². The van der Waals surface area contributed by atoms with E-state index in [1.54, 1.807) is 6.07 Å². The Morgan fingerprint density at radius 2 is 1.56 bits per heavy atom. The Morgan fingerprint density at radius 1 is 0.889 bits per heavy atom. The SMILES string of the molecule is OC(CCl)C(O)c1cccc(-c2ccccc2)c1. The fraction of sp³-hybridized carbons (Fsp3) is 0.200. The summed E-state index contributed by atoms with van der Waals surface area (Å²) in [5, 5.41) is 19.5. The Bertz CT molecular complexity index is 499. The maximum Gasteiger partial charge on any atom is 0.106 e. The number of aliphatic hydroxyl groups excluding tert-OH is 2. The molecule has 0 amide bonds. The van der Waals surface area contributed by atoms with Crippen molar-refractivity contribution in [3.8, 4) is 11.1 Å². The lowest BCUT2D eigenvalue weighted by molar-refractivity contribution is 0.0327. The molecular formula is C15H15ClO2. The molecule has 0 aromatic heterocycles. The van der Waals surface area contributed by atoms with Crippen molar-refractivity contribution in [1.29, 1.82) is 0 Å². The third kappa shape index (κ3) is 2.91. The summed E-state index contributed by atoms with van der Waals surface area (Å²) in [7, 11) is 0. The summed E-state index contributed by atoms with van der Waals surface area (Å²) >= 11 is 5.54. The maximum atomic E-state index is 9.93. The highest BCUT2D eigenvalue weighted by Crippen LogP contribution is 2.24. The summed E-state index contributed by atoms with van der Waals surface area (Å²) in [5.41, 5.74) is 2.75. The van der Waals surface area contributed by atoms with E-state index in [9.17, 15) is 10.2 Å². The number of hydrogen-bond acceptors (Lipinski definition) is 2. The lowest BCUT2D eigenvalue weighted by Crippen LogP contribution is -2.19. The highest BCUT2D eigenvalue weighted by atomic mass is 35.5. The molecule has 0 radical (unpaired) electrons.